The molecule has 5 heteroatoms. The van der Waals surface area contributed by atoms with Crippen LogP contribution in [0, 0.1) is 5.82 Å². The van der Waals surface area contributed by atoms with Gasteiger partial charge in [0.05, 0.1) is 12.8 Å². The van der Waals surface area contributed by atoms with Crippen LogP contribution in [0.3, 0.4) is 0 Å². The summed E-state index contributed by atoms with van der Waals surface area (Å²) in [5, 5.41) is 5.66. The average Bonchev–Trinajstić information content (AvgIpc) is 2.49. The van der Waals surface area contributed by atoms with Crippen molar-refractivity contribution in [3.8, 4) is 5.75 Å². The summed E-state index contributed by atoms with van der Waals surface area (Å²) < 4.78 is 18.5. The Morgan fingerprint density at radius 3 is 2.76 bits per heavy atom. The Morgan fingerprint density at radius 2 is 2.00 bits per heavy atom. The summed E-state index contributed by atoms with van der Waals surface area (Å²) in [4.78, 5) is 11.8. The minimum atomic E-state index is -0.328. The van der Waals surface area contributed by atoms with Crippen LogP contribution in [0.2, 0.25) is 0 Å². The maximum Gasteiger partial charge on any atom is 0.226 e. The van der Waals surface area contributed by atoms with Gasteiger partial charge in [0.2, 0.25) is 5.91 Å². The minimum Gasteiger partial charge on any atom is -0.497 e. The second-order valence-electron chi connectivity index (χ2n) is 4.44. The fourth-order valence-corrected chi connectivity index (χ4v) is 1.84. The molecule has 0 aliphatic carbocycles. The van der Waals surface area contributed by atoms with E-state index in [2.05, 4.69) is 10.6 Å². The van der Waals surface area contributed by atoms with Gasteiger partial charge in [0.1, 0.15) is 11.6 Å². The first-order valence-electron chi connectivity index (χ1n) is 6.61. The summed E-state index contributed by atoms with van der Waals surface area (Å²) in [6.45, 7) is 0.358. The van der Waals surface area contributed by atoms with Crippen LogP contribution in [0.4, 0.5) is 15.8 Å². The third kappa shape index (κ3) is 4.49. The Kier molecular flexibility index (Phi) is 5.15. The van der Waals surface area contributed by atoms with Gasteiger partial charge >= 0.3 is 0 Å². The molecule has 110 valence electrons. The molecule has 0 radical (unpaired) electrons. The predicted molar refractivity (Wildman–Crippen MR) is 81.1 cm³/mol. The van der Waals surface area contributed by atoms with Crippen LogP contribution >= 0.6 is 0 Å². The standard InChI is InChI=1S/C16H17FN2O2/c1-21-13-6-4-5-12(11-13)19-16(20)9-10-18-15-8-3-2-7-14(15)17/h2-8,11,18H,9-10H2,1H3,(H,19,20). The Morgan fingerprint density at radius 1 is 1.19 bits per heavy atom. The molecule has 2 rings (SSSR count). The summed E-state index contributed by atoms with van der Waals surface area (Å²) in [6, 6.07) is 13.5. The second kappa shape index (κ2) is 7.28. The number of halogens is 1. The van der Waals surface area contributed by atoms with Crippen molar-refractivity contribution in [3.63, 3.8) is 0 Å². The van der Waals surface area contributed by atoms with E-state index in [4.69, 9.17) is 4.74 Å². The topological polar surface area (TPSA) is 50.4 Å². The van der Waals surface area contributed by atoms with Crippen molar-refractivity contribution in [1.82, 2.24) is 0 Å². The minimum absolute atomic E-state index is 0.146. The lowest BCUT2D eigenvalue weighted by molar-refractivity contribution is -0.115. The second-order valence-corrected chi connectivity index (χ2v) is 4.44. The van der Waals surface area contributed by atoms with Crippen molar-refractivity contribution in [2.45, 2.75) is 6.42 Å². The Labute approximate surface area is 122 Å². The van der Waals surface area contributed by atoms with Crippen LogP contribution < -0.4 is 15.4 Å². The molecule has 2 aromatic rings. The lowest BCUT2D eigenvalue weighted by Crippen LogP contribution is -2.16. The molecule has 1 amide bonds. The zero-order valence-corrected chi connectivity index (χ0v) is 11.7. The molecule has 2 N–H and O–H groups in total. The van der Waals surface area contributed by atoms with E-state index in [-0.39, 0.29) is 18.1 Å². The highest BCUT2D eigenvalue weighted by Gasteiger charge is 2.04. The smallest absolute Gasteiger partial charge is 0.226 e. The van der Waals surface area contributed by atoms with Gasteiger partial charge in [-0.3, -0.25) is 4.79 Å². The lowest BCUT2D eigenvalue weighted by Gasteiger charge is -2.09. The summed E-state index contributed by atoms with van der Waals surface area (Å²) >= 11 is 0. The molecule has 2 aromatic carbocycles. The fourth-order valence-electron chi connectivity index (χ4n) is 1.84. The van der Waals surface area contributed by atoms with Crippen molar-refractivity contribution < 1.29 is 13.9 Å². The molecule has 0 spiro atoms. The van der Waals surface area contributed by atoms with E-state index in [1.54, 1.807) is 49.6 Å². The predicted octanol–water partition coefficient (Wildman–Crippen LogP) is 3.28. The van der Waals surface area contributed by atoms with Crippen molar-refractivity contribution in [2.75, 3.05) is 24.3 Å². The van der Waals surface area contributed by atoms with Crippen molar-refractivity contribution in [1.29, 1.82) is 0 Å². The number of methoxy groups -OCH3 is 1. The van der Waals surface area contributed by atoms with Crippen LogP contribution in [0.1, 0.15) is 6.42 Å². The molecule has 0 heterocycles. The van der Waals surface area contributed by atoms with Gasteiger partial charge in [0.15, 0.2) is 0 Å². The van der Waals surface area contributed by atoms with Crippen molar-refractivity contribution in [2.24, 2.45) is 0 Å². The van der Waals surface area contributed by atoms with E-state index < -0.39 is 0 Å². The molecular formula is C16H17FN2O2. The molecular weight excluding hydrogens is 271 g/mol. The van der Waals surface area contributed by atoms with E-state index in [1.165, 1.54) is 6.07 Å². The number of hydrogen-bond donors (Lipinski definition) is 2. The monoisotopic (exact) mass is 288 g/mol. The van der Waals surface area contributed by atoms with Gasteiger partial charge in [-0.2, -0.15) is 0 Å². The zero-order chi connectivity index (χ0) is 15.1. The number of amides is 1. The normalized spacial score (nSPS) is 10.0. The molecule has 4 nitrogen and oxygen atoms in total. The van der Waals surface area contributed by atoms with Gasteiger partial charge in [0.25, 0.3) is 0 Å². The average molecular weight is 288 g/mol. The molecule has 0 fully saturated rings. The van der Waals surface area contributed by atoms with E-state index in [0.29, 0.717) is 23.7 Å². The zero-order valence-electron chi connectivity index (χ0n) is 11.7. The van der Waals surface area contributed by atoms with Crippen LogP contribution in [0.15, 0.2) is 48.5 Å². The number of carbonyl (C=O) groups excluding carboxylic acids is 1. The molecule has 0 bridgehead atoms. The van der Waals surface area contributed by atoms with Gasteiger partial charge in [-0.1, -0.05) is 18.2 Å². The maximum absolute atomic E-state index is 13.4. The van der Waals surface area contributed by atoms with Gasteiger partial charge in [0, 0.05) is 24.7 Å². The number of benzene rings is 2. The molecule has 0 unspecified atom stereocenters. The van der Waals surface area contributed by atoms with E-state index in [9.17, 15) is 9.18 Å². The highest BCUT2D eigenvalue weighted by molar-refractivity contribution is 5.91. The first kappa shape index (κ1) is 14.8. The van der Waals surface area contributed by atoms with Gasteiger partial charge in [-0.25, -0.2) is 4.39 Å². The quantitative estimate of drug-likeness (QED) is 0.857. The van der Waals surface area contributed by atoms with Crippen molar-refractivity contribution in [3.05, 3.63) is 54.3 Å². The van der Waals surface area contributed by atoms with Crippen LogP contribution in [0.5, 0.6) is 5.75 Å². The van der Waals surface area contributed by atoms with E-state index >= 15 is 0 Å². The summed E-state index contributed by atoms with van der Waals surface area (Å²) in [7, 11) is 1.57. The van der Waals surface area contributed by atoms with E-state index in [1.807, 2.05) is 0 Å². The first-order chi connectivity index (χ1) is 10.2. The highest BCUT2D eigenvalue weighted by Crippen LogP contribution is 2.17. The SMILES string of the molecule is COc1cccc(NC(=O)CCNc2ccccc2F)c1. The Hall–Kier alpha value is -2.56. The number of carbonyl (C=O) groups is 1. The van der Waals surface area contributed by atoms with E-state index in [0.717, 1.165) is 0 Å². The van der Waals surface area contributed by atoms with Crippen LogP contribution in [-0.2, 0) is 4.79 Å². The third-order valence-electron chi connectivity index (χ3n) is 2.89. The largest absolute Gasteiger partial charge is 0.497 e. The van der Waals surface area contributed by atoms with Gasteiger partial charge in [-0.05, 0) is 24.3 Å². The summed E-state index contributed by atoms with van der Waals surface area (Å²) in [6.07, 6.45) is 0.242. The number of hydrogen-bond acceptors (Lipinski definition) is 3. The number of ether oxygens (including phenoxy) is 1. The van der Waals surface area contributed by atoms with Gasteiger partial charge < -0.3 is 15.4 Å². The number of para-hydroxylation sites is 1. The Balaban J connectivity index is 1.81. The molecule has 0 aliphatic heterocycles. The van der Waals surface area contributed by atoms with Crippen molar-refractivity contribution >= 4 is 17.3 Å². The number of rotatable bonds is 6. The maximum atomic E-state index is 13.4. The van der Waals surface area contributed by atoms with Crippen LogP contribution in [-0.4, -0.2) is 19.6 Å². The summed E-state index contributed by atoms with van der Waals surface area (Å²) in [5.74, 6) is 0.204. The third-order valence-corrected chi connectivity index (χ3v) is 2.89. The number of anilines is 2. The molecule has 21 heavy (non-hydrogen) atoms. The fraction of sp³-hybridized carbons (Fsp3) is 0.188. The summed E-state index contributed by atoms with van der Waals surface area (Å²) in [5.41, 5.74) is 1.07. The lowest BCUT2D eigenvalue weighted by atomic mass is 10.2. The number of nitrogens with one attached hydrogen (secondary N) is 2. The molecule has 0 aliphatic rings. The molecule has 0 saturated carbocycles. The highest BCUT2D eigenvalue weighted by atomic mass is 19.1. The Bertz CT molecular complexity index is 617. The molecule has 0 saturated heterocycles. The first-order valence-corrected chi connectivity index (χ1v) is 6.61. The van der Waals surface area contributed by atoms with Gasteiger partial charge in [-0.15, -0.1) is 0 Å². The molecule has 0 aromatic heterocycles. The van der Waals surface area contributed by atoms with Crippen LogP contribution in [0.25, 0.3) is 0 Å². The molecule has 0 atom stereocenters.